The number of ether oxygens (including phenoxy) is 1. The normalized spacial score (nSPS) is 24.1. The summed E-state index contributed by atoms with van der Waals surface area (Å²) >= 11 is 0. The van der Waals surface area contributed by atoms with Gasteiger partial charge in [-0.2, -0.15) is 13.2 Å². The second-order valence-corrected chi connectivity index (χ2v) is 6.59. The minimum absolute atomic E-state index is 0.257. The standard InChI is InChI=1S/C20H26F4O/c1-13(7-6-8-14(2)11-17(5)21)9-10-18-15(3)12-16(4)19(25-18)20(22,23)24/h6,8-11,16-17,19H,1,7,12H2,2-5H3/b8-6-,10-9-,14-11-. The molecule has 0 amide bonds. The number of alkyl halides is 4. The van der Waals surface area contributed by atoms with E-state index in [1.54, 1.807) is 39.0 Å². The third-order valence-electron chi connectivity index (χ3n) is 3.87. The Kier molecular flexibility index (Phi) is 7.71. The highest BCUT2D eigenvalue weighted by Crippen LogP contribution is 2.38. The lowest BCUT2D eigenvalue weighted by molar-refractivity contribution is -0.226. The number of halogens is 4. The second-order valence-electron chi connectivity index (χ2n) is 6.59. The molecule has 0 aromatic rings. The molecule has 0 aliphatic carbocycles. The minimum atomic E-state index is -4.38. The molecule has 0 radical (unpaired) electrons. The Morgan fingerprint density at radius 3 is 2.56 bits per heavy atom. The quantitative estimate of drug-likeness (QED) is 0.383. The predicted molar refractivity (Wildman–Crippen MR) is 93.8 cm³/mol. The van der Waals surface area contributed by atoms with Crippen molar-refractivity contribution in [3.05, 3.63) is 59.4 Å². The maximum absolute atomic E-state index is 13.0. The fourth-order valence-electron chi connectivity index (χ4n) is 2.69. The first kappa shape index (κ1) is 21.3. The average Bonchev–Trinajstić information content (AvgIpc) is 2.44. The molecule has 1 nitrogen and oxygen atoms in total. The van der Waals surface area contributed by atoms with E-state index < -0.39 is 24.4 Å². The van der Waals surface area contributed by atoms with Crippen molar-refractivity contribution >= 4 is 0 Å². The van der Waals surface area contributed by atoms with Crippen LogP contribution in [-0.4, -0.2) is 18.5 Å². The molecule has 0 aromatic heterocycles. The molecular weight excluding hydrogens is 332 g/mol. The van der Waals surface area contributed by atoms with Crippen molar-refractivity contribution < 1.29 is 22.3 Å². The van der Waals surface area contributed by atoms with Crippen molar-refractivity contribution in [3.8, 4) is 0 Å². The smallest absolute Gasteiger partial charge is 0.425 e. The molecule has 0 N–H and O–H groups in total. The maximum atomic E-state index is 13.0. The Balaban J connectivity index is 2.69. The molecule has 140 valence electrons. The van der Waals surface area contributed by atoms with E-state index in [2.05, 4.69) is 6.58 Å². The van der Waals surface area contributed by atoms with Crippen LogP contribution in [0.2, 0.25) is 0 Å². The van der Waals surface area contributed by atoms with Gasteiger partial charge in [-0.1, -0.05) is 42.9 Å². The molecule has 1 rings (SSSR count). The highest BCUT2D eigenvalue weighted by molar-refractivity contribution is 5.29. The molecule has 0 aromatic carbocycles. The lowest BCUT2D eigenvalue weighted by atomic mass is 9.92. The van der Waals surface area contributed by atoms with Crippen molar-refractivity contribution in [1.29, 1.82) is 0 Å². The van der Waals surface area contributed by atoms with Crippen molar-refractivity contribution in [3.63, 3.8) is 0 Å². The van der Waals surface area contributed by atoms with Crippen molar-refractivity contribution in [2.24, 2.45) is 5.92 Å². The van der Waals surface area contributed by atoms with Gasteiger partial charge in [-0.05, 0) is 51.3 Å². The van der Waals surface area contributed by atoms with Crippen LogP contribution in [-0.2, 0) is 4.74 Å². The van der Waals surface area contributed by atoms with Crippen LogP contribution >= 0.6 is 0 Å². The number of hydrogen-bond donors (Lipinski definition) is 0. The van der Waals surface area contributed by atoms with Gasteiger partial charge in [0.05, 0.1) is 0 Å². The zero-order valence-electron chi connectivity index (χ0n) is 15.2. The summed E-state index contributed by atoms with van der Waals surface area (Å²) < 4.78 is 57.0. The molecule has 0 fully saturated rings. The van der Waals surface area contributed by atoms with Crippen molar-refractivity contribution in [2.45, 2.75) is 59.0 Å². The first-order valence-electron chi connectivity index (χ1n) is 8.28. The van der Waals surface area contributed by atoms with E-state index >= 15 is 0 Å². The third kappa shape index (κ3) is 7.32. The summed E-state index contributed by atoms with van der Waals surface area (Å²) in [5.74, 6) is -0.344. The molecule has 1 aliphatic heterocycles. The highest BCUT2D eigenvalue weighted by Gasteiger charge is 2.47. The molecular formula is C20H26F4O. The fraction of sp³-hybridized carbons (Fsp3) is 0.500. The predicted octanol–water partition coefficient (Wildman–Crippen LogP) is 6.61. The minimum Gasteiger partial charge on any atom is -0.481 e. The number of rotatable bonds is 6. The SMILES string of the molecule is C=C(/C=C\C1=C(C)CC(C)C(C(F)(F)F)O1)C/C=C\C(C)=C/C(C)F. The Labute approximate surface area is 147 Å². The van der Waals surface area contributed by atoms with Crippen molar-refractivity contribution in [2.75, 3.05) is 0 Å². The van der Waals surface area contributed by atoms with E-state index in [9.17, 15) is 17.6 Å². The Hall–Kier alpha value is -1.78. The Bertz CT molecular complexity index is 591. The third-order valence-corrected chi connectivity index (χ3v) is 3.87. The van der Waals surface area contributed by atoms with Gasteiger partial charge in [-0.25, -0.2) is 4.39 Å². The molecule has 0 spiro atoms. The lowest BCUT2D eigenvalue weighted by Crippen LogP contribution is -2.39. The zero-order valence-corrected chi connectivity index (χ0v) is 15.2. The van der Waals surface area contributed by atoms with Gasteiger partial charge < -0.3 is 4.74 Å². The largest absolute Gasteiger partial charge is 0.481 e. The molecule has 0 saturated carbocycles. The van der Waals surface area contributed by atoms with Crippen LogP contribution in [0.4, 0.5) is 17.6 Å². The van der Waals surface area contributed by atoms with Gasteiger partial charge in [0.2, 0.25) is 0 Å². The molecule has 1 heterocycles. The fourth-order valence-corrected chi connectivity index (χ4v) is 2.69. The monoisotopic (exact) mass is 358 g/mol. The number of hydrogen-bond acceptors (Lipinski definition) is 1. The second kappa shape index (κ2) is 9.07. The summed E-state index contributed by atoms with van der Waals surface area (Å²) in [6, 6.07) is 0. The summed E-state index contributed by atoms with van der Waals surface area (Å²) in [6.45, 7) is 10.4. The summed E-state index contributed by atoms with van der Waals surface area (Å²) in [7, 11) is 0. The van der Waals surface area contributed by atoms with E-state index in [1.807, 2.05) is 6.08 Å². The molecule has 3 atom stereocenters. The van der Waals surface area contributed by atoms with E-state index in [0.29, 0.717) is 12.8 Å². The van der Waals surface area contributed by atoms with E-state index in [1.165, 1.54) is 13.0 Å². The zero-order chi connectivity index (χ0) is 19.2. The summed E-state index contributed by atoms with van der Waals surface area (Å²) in [5, 5.41) is 0. The van der Waals surface area contributed by atoms with E-state index in [0.717, 1.165) is 16.7 Å². The summed E-state index contributed by atoms with van der Waals surface area (Å²) in [4.78, 5) is 0. The van der Waals surface area contributed by atoms with Gasteiger partial charge in [0.15, 0.2) is 6.10 Å². The van der Waals surface area contributed by atoms with Crippen LogP contribution in [0.5, 0.6) is 0 Å². The van der Waals surface area contributed by atoms with Crippen LogP contribution in [0.25, 0.3) is 0 Å². The van der Waals surface area contributed by atoms with Gasteiger partial charge in [0.25, 0.3) is 0 Å². The van der Waals surface area contributed by atoms with Crippen LogP contribution in [0.15, 0.2) is 59.4 Å². The van der Waals surface area contributed by atoms with E-state index in [4.69, 9.17) is 4.74 Å². The molecule has 0 bridgehead atoms. The molecule has 25 heavy (non-hydrogen) atoms. The van der Waals surface area contributed by atoms with Gasteiger partial charge in [0, 0.05) is 5.92 Å². The summed E-state index contributed by atoms with van der Waals surface area (Å²) in [5.41, 5.74) is 2.33. The van der Waals surface area contributed by atoms with Crippen LogP contribution in [0.1, 0.15) is 40.5 Å². The molecule has 3 unspecified atom stereocenters. The Morgan fingerprint density at radius 2 is 2.00 bits per heavy atom. The lowest BCUT2D eigenvalue weighted by Gasteiger charge is -2.32. The van der Waals surface area contributed by atoms with E-state index in [-0.39, 0.29) is 5.76 Å². The average molecular weight is 358 g/mol. The van der Waals surface area contributed by atoms with Crippen LogP contribution in [0, 0.1) is 5.92 Å². The maximum Gasteiger partial charge on any atom is 0.425 e. The highest BCUT2D eigenvalue weighted by atomic mass is 19.4. The van der Waals surface area contributed by atoms with Gasteiger partial charge >= 0.3 is 6.18 Å². The molecule has 1 aliphatic rings. The first-order valence-corrected chi connectivity index (χ1v) is 8.28. The van der Waals surface area contributed by atoms with Crippen LogP contribution < -0.4 is 0 Å². The number of allylic oxidation sites excluding steroid dienone is 8. The first-order chi connectivity index (χ1) is 11.5. The summed E-state index contributed by atoms with van der Waals surface area (Å²) in [6.07, 6.45) is 2.03. The molecule has 0 saturated heterocycles. The Morgan fingerprint density at radius 1 is 1.36 bits per heavy atom. The molecule has 5 heteroatoms. The van der Waals surface area contributed by atoms with Gasteiger partial charge in [-0.3, -0.25) is 0 Å². The van der Waals surface area contributed by atoms with Crippen molar-refractivity contribution in [1.82, 2.24) is 0 Å². The van der Waals surface area contributed by atoms with Crippen LogP contribution in [0.3, 0.4) is 0 Å². The topological polar surface area (TPSA) is 9.23 Å². The van der Waals surface area contributed by atoms with Gasteiger partial charge in [0.1, 0.15) is 11.9 Å². The van der Waals surface area contributed by atoms with Gasteiger partial charge in [-0.15, -0.1) is 0 Å².